The first kappa shape index (κ1) is 33.0. The molecule has 2 atom stereocenters. The molecule has 2 N–H and O–H groups in total. The van der Waals surface area contributed by atoms with Gasteiger partial charge in [0, 0.05) is 39.4 Å². The number of hydrogen-bond acceptors (Lipinski definition) is 8. The molecule has 39 heavy (non-hydrogen) atoms. The summed E-state index contributed by atoms with van der Waals surface area (Å²) in [6.45, 7) is 12.2. The average molecular weight is 547 g/mol. The largest absolute Gasteiger partial charge is 0.491 e. The maximum atomic E-state index is 6.11. The third-order valence-corrected chi connectivity index (χ3v) is 6.02. The molecular formula is C31H50N2O6. The van der Waals surface area contributed by atoms with Crippen molar-refractivity contribution in [2.24, 2.45) is 0 Å². The van der Waals surface area contributed by atoms with Crippen molar-refractivity contribution < 1.29 is 28.4 Å². The highest BCUT2D eigenvalue weighted by atomic mass is 16.7. The Labute approximate surface area is 235 Å². The average Bonchev–Trinajstić information content (AvgIpc) is 2.93. The van der Waals surface area contributed by atoms with Gasteiger partial charge in [-0.15, -0.1) is 0 Å². The van der Waals surface area contributed by atoms with Crippen LogP contribution in [0.3, 0.4) is 0 Å². The second kappa shape index (κ2) is 19.8. The van der Waals surface area contributed by atoms with Crippen molar-refractivity contribution in [1.82, 2.24) is 10.6 Å². The number of benzene rings is 2. The molecule has 0 unspecified atom stereocenters. The van der Waals surface area contributed by atoms with Crippen LogP contribution in [-0.2, 0) is 31.8 Å². The molecule has 0 aliphatic rings. The quantitative estimate of drug-likeness (QED) is 0.212. The predicted octanol–water partition coefficient (Wildman–Crippen LogP) is 4.25. The van der Waals surface area contributed by atoms with Gasteiger partial charge >= 0.3 is 0 Å². The minimum absolute atomic E-state index is 0.146. The molecule has 8 nitrogen and oxygen atoms in total. The summed E-state index contributed by atoms with van der Waals surface area (Å²) < 4.78 is 34.6. The maximum Gasteiger partial charge on any atom is 0.147 e. The van der Waals surface area contributed by atoms with E-state index < -0.39 is 0 Å². The highest BCUT2D eigenvalue weighted by molar-refractivity contribution is 5.28. The van der Waals surface area contributed by atoms with Crippen LogP contribution in [0.2, 0.25) is 0 Å². The summed E-state index contributed by atoms with van der Waals surface area (Å²) in [5.74, 6) is 1.63. The first-order chi connectivity index (χ1) is 18.9. The fourth-order valence-electron chi connectivity index (χ4n) is 3.62. The van der Waals surface area contributed by atoms with Crippen molar-refractivity contribution in [3.8, 4) is 11.5 Å². The van der Waals surface area contributed by atoms with E-state index >= 15 is 0 Å². The monoisotopic (exact) mass is 546 g/mol. The molecule has 0 radical (unpaired) electrons. The molecule has 0 aliphatic carbocycles. The first-order valence-electron chi connectivity index (χ1n) is 14.0. The minimum Gasteiger partial charge on any atom is -0.491 e. The zero-order valence-corrected chi connectivity index (χ0v) is 24.7. The molecule has 2 rings (SSSR count). The van der Waals surface area contributed by atoms with E-state index in [2.05, 4.69) is 62.6 Å². The van der Waals surface area contributed by atoms with Gasteiger partial charge < -0.3 is 39.1 Å². The van der Waals surface area contributed by atoms with Crippen LogP contribution in [0.15, 0.2) is 48.5 Å². The normalized spacial score (nSPS) is 13.1. The van der Waals surface area contributed by atoms with E-state index in [-0.39, 0.29) is 19.0 Å². The fraction of sp³-hybridized carbons (Fsp3) is 0.613. The van der Waals surface area contributed by atoms with E-state index in [4.69, 9.17) is 28.4 Å². The number of hydrogen-bond donors (Lipinski definition) is 2. The van der Waals surface area contributed by atoms with Gasteiger partial charge in [-0.1, -0.05) is 52.0 Å². The predicted molar refractivity (Wildman–Crippen MR) is 156 cm³/mol. The molecule has 8 heteroatoms. The third kappa shape index (κ3) is 15.2. The van der Waals surface area contributed by atoms with Gasteiger partial charge in [0.05, 0.1) is 13.2 Å². The van der Waals surface area contributed by atoms with Crippen LogP contribution in [0.4, 0.5) is 0 Å². The Bertz CT molecular complexity index is 789. The first-order valence-corrected chi connectivity index (χ1v) is 14.0. The van der Waals surface area contributed by atoms with E-state index in [9.17, 15) is 0 Å². The topological polar surface area (TPSA) is 79.4 Å². The van der Waals surface area contributed by atoms with Gasteiger partial charge in [-0.2, -0.15) is 0 Å². The lowest BCUT2D eigenvalue weighted by Gasteiger charge is -2.24. The van der Waals surface area contributed by atoms with Crippen molar-refractivity contribution in [2.75, 3.05) is 60.5 Å². The van der Waals surface area contributed by atoms with Gasteiger partial charge in [0.25, 0.3) is 0 Å². The molecule has 2 aromatic carbocycles. The molecule has 0 fully saturated rings. The molecule has 0 aliphatic heterocycles. The summed E-state index contributed by atoms with van der Waals surface area (Å²) in [5, 5.41) is 6.87. The van der Waals surface area contributed by atoms with Crippen molar-refractivity contribution in [3.63, 3.8) is 0 Å². The summed E-state index contributed by atoms with van der Waals surface area (Å²) in [6, 6.07) is 16.9. The van der Waals surface area contributed by atoms with Gasteiger partial charge in [0.2, 0.25) is 0 Å². The van der Waals surface area contributed by atoms with E-state index in [0.717, 1.165) is 24.3 Å². The van der Waals surface area contributed by atoms with Crippen LogP contribution < -0.4 is 20.1 Å². The van der Waals surface area contributed by atoms with Gasteiger partial charge in [-0.05, 0) is 48.2 Å². The van der Waals surface area contributed by atoms with Gasteiger partial charge in [-0.3, -0.25) is 0 Å². The Morgan fingerprint density at radius 3 is 1.31 bits per heavy atom. The Balaban J connectivity index is 1.86. The zero-order valence-electron chi connectivity index (χ0n) is 24.7. The van der Waals surface area contributed by atoms with E-state index in [1.54, 1.807) is 14.2 Å². The van der Waals surface area contributed by atoms with Gasteiger partial charge in [0.1, 0.15) is 43.7 Å². The Hall–Kier alpha value is -2.20. The van der Waals surface area contributed by atoms with Crippen LogP contribution >= 0.6 is 0 Å². The number of rotatable bonds is 22. The Morgan fingerprint density at radius 1 is 0.590 bits per heavy atom. The lowest BCUT2D eigenvalue weighted by atomic mass is 10.1. The second-order valence-corrected chi connectivity index (χ2v) is 10.2. The molecular weight excluding hydrogens is 496 g/mol. The van der Waals surface area contributed by atoms with Gasteiger partial charge in [0.15, 0.2) is 0 Å². The molecule has 0 aromatic heterocycles. The standard InChI is InChI=1S/C31H50N2O6/c1-24(2)32-19-30(21-36-28-11-7-26(8-12-28)15-17-34-5)38-23-39-31(20-33-25(3)4)22-37-29-13-9-27(10-14-29)16-18-35-6/h7-14,24-25,30-33H,15-23H2,1-6H3/t30-,31-/m0/s1. The fourth-order valence-corrected chi connectivity index (χ4v) is 3.62. The van der Waals surface area contributed by atoms with Crippen LogP contribution in [0.25, 0.3) is 0 Å². The number of methoxy groups -OCH3 is 2. The number of ether oxygens (including phenoxy) is 6. The highest BCUT2D eigenvalue weighted by Gasteiger charge is 2.15. The van der Waals surface area contributed by atoms with E-state index in [0.29, 0.717) is 51.6 Å². The Kier molecular flexibility index (Phi) is 16.8. The van der Waals surface area contributed by atoms with E-state index in [1.165, 1.54) is 11.1 Å². The molecule has 0 bridgehead atoms. The van der Waals surface area contributed by atoms with Gasteiger partial charge in [-0.25, -0.2) is 0 Å². The van der Waals surface area contributed by atoms with E-state index in [1.807, 2.05) is 24.3 Å². The summed E-state index contributed by atoms with van der Waals surface area (Å²) in [6.07, 6.45) is 1.43. The van der Waals surface area contributed by atoms with Crippen LogP contribution in [0.5, 0.6) is 11.5 Å². The Morgan fingerprint density at radius 2 is 0.974 bits per heavy atom. The summed E-state index contributed by atoms with van der Waals surface area (Å²) in [5.41, 5.74) is 2.44. The zero-order chi connectivity index (χ0) is 28.3. The number of nitrogens with one attached hydrogen (secondary N) is 2. The second-order valence-electron chi connectivity index (χ2n) is 10.2. The molecule has 0 saturated carbocycles. The summed E-state index contributed by atoms with van der Waals surface area (Å²) in [4.78, 5) is 0. The van der Waals surface area contributed by atoms with Crippen LogP contribution in [0, 0.1) is 0 Å². The van der Waals surface area contributed by atoms with Crippen molar-refractivity contribution >= 4 is 0 Å². The summed E-state index contributed by atoms with van der Waals surface area (Å²) in [7, 11) is 3.43. The van der Waals surface area contributed by atoms with Crippen molar-refractivity contribution in [3.05, 3.63) is 59.7 Å². The molecule has 220 valence electrons. The lowest BCUT2D eigenvalue weighted by Crippen LogP contribution is -2.40. The maximum absolute atomic E-state index is 6.11. The molecule has 0 saturated heterocycles. The molecule has 0 spiro atoms. The minimum atomic E-state index is -0.167. The van der Waals surface area contributed by atoms with Crippen LogP contribution in [-0.4, -0.2) is 84.8 Å². The third-order valence-electron chi connectivity index (χ3n) is 6.02. The van der Waals surface area contributed by atoms with Crippen LogP contribution in [0.1, 0.15) is 38.8 Å². The smallest absolute Gasteiger partial charge is 0.147 e. The van der Waals surface area contributed by atoms with Crippen molar-refractivity contribution in [1.29, 1.82) is 0 Å². The molecule has 0 heterocycles. The lowest BCUT2D eigenvalue weighted by molar-refractivity contribution is -0.130. The summed E-state index contributed by atoms with van der Waals surface area (Å²) >= 11 is 0. The SMILES string of the molecule is COCCc1ccc(OC[C@H](CNC(C)C)OCO[C@@H](CNC(C)C)COc2ccc(CCOC)cc2)cc1. The molecule has 2 aromatic rings. The highest BCUT2D eigenvalue weighted by Crippen LogP contribution is 2.15. The molecule has 0 amide bonds. The van der Waals surface area contributed by atoms with Crippen molar-refractivity contribution in [2.45, 2.75) is 64.8 Å².